The van der Waals surface area contributed by atoms with Crippen LogP contribution in [-0.4, -0.2) is 14.5 Å². The molecule has 0 bridgehead atoms. The molecule has 0 amide bonds. The predicted molar refractivity (Wildman–Crippen MR) is 307 cm³/mol. The highest BCUT2D eigenvalue weighted by molar-refractivity contribution is 7.34. The van der Waals surface area contributed by atoms with Crippen LogP contribution in [0.25, 0.3) is 62.0 Å². The fourth-order valence-electron chi connectivity index (χ4n) is 12.1. The van der Waals surface area contributed by atoms with Gasteiger partial charge < -0.3 is 0 Å². The maximum absolute atomic E-state index is 14.0. The van der Waals surface area contributed by atoms with Crippen molar-refractivity contribution >= 4 is 94.9 Å². The van der Waals surface area contributed by atoms with Crippen LogP contribution in [0.5, 0.6) is 0 Å². The van der Waals surface area contributed by atoms with E-state index in [1.165, 1.54) is 101 Å². The molecule has 14 rings (SSSR count). The molecule has 0 radical (unpaired) electrons. The fraction of sp³-hybridized carbons (Fsp3) is 0.109. The maximum atomic E-state index is 14.0. The van der Waals surface area contributed by atoms with Gasteiger partial charge in [-0.15, -0.1) is 45.3 Å². The average Bonchev–Trinajstić information content (AvgIpc) is 4.30. The third-order valence-electron chi connectivity index (χ3n) is 15.5. The van der Waals surface area contributed by atoms with E-state index in [2.05, 4.69) is 150 Å². The number of carbonyl (C=O) groups excluding carboxylic acids is 1. The first-order valence-electron chi connectivity index (χ1n) is 24.4. The normalized spacial score (nSPS) is 15.0. The molecule has 5 heterocycles. The van der Waals surface area contributed by atoms with Gasteiger partial charge in [0.15, 0.2) is 5.78 Å². The molecule has 3 aliphatic carbocycles. The van der Waals surface area contributed by atoms with Gasteiger partial charge in [0.05, 0.1) is 46.6 Å². The van der Waals surface area contributed by atoms with E-state index < -0.39 is 10.8 Å². The van der Waals surface area contributed by atoms with Gasteiger partial charge in [-0.25, -0.2) is 0 Å². The van der Waals surface area contributed by atoms with Gasteiger partial charge in [0, 0.05) is 53.6 Å². The molecule has 6 aromatic carbocycles. The first-order valence-corrected chi connectivity index (χ1v) is 28.3. The van der Waals surface area contributed by atoms with Crippen LogP contribution in [0.4, 0.5) is 0 Å². The second-order valence-corrected chi connectivity index (χ2v) is 24.6. The largest absolute Gasteiger partial charge is 0.289 e. The zero-order valence-electron chi connectivity index (χ0n) is 40.7. The van der Waals surface area contributed by atoms with Crippen molar-refractivity contribution in [2.24, 2.45) is 0 Å². The van der Waals surface area contributed by atoms with E-state index in [1.807, 2.05) is 69.6 Å². The van der Waals surface area contributed by atoms with Crippen LogP contribution in [0.1, 0.15) is 93.1 Å². The molecule has 0 N–H and O–H groups in total. The van der Waals surface area contributed by atoms with E-state index in [9.17, 15) is 15.3 Å². The lowest BCUT2D eigenvalue weighted by molar-refractivity contribution is 0.104. The van der Waals surface area contributed by atoms with E-state index >= 15 is 0 Å². The number of benzene rings is 6. The van der Waals surface area contributed by atoms with Crippen LogP contribution >= 0.6 is 57.1 Å². The van der Waals surface area contributed by atoms with E-state index in [0.717, 1.165) is 27.7 Å². The Labute approximate surface area is 448 Å². The lowest BCUT2D eigenvalue weighted by Crippen LogP contribution is -2.28. The molecule has 0 unspecified atom stereocenters. The van der Waals surface area contributed by atoms with Crippen molar-refractivity contribution in [1.29, 1.82) is 10.5 Å². The van der Waals surface area contributed by atoms with Crippen LogP contribution in [-0.2, 0) is 10.8 Å². The molecule has 5 nitrogen and oxygen atoms in total. The molecule has 0 fully saturated rings. The predicted octanol–water partition coefficient (Wildman–Crippen LogP) is 17.1. The number of aryl methyl sites for hydroxylation is 5. The van der Waals surface area contributed by atoms with Crippen molar-refractivity contribution in [3.63, 3.8) is 0 Å². The topological polar surface area (TPSA) is 90.4 Å². The minimum Gasteiger partial charge on any atom is -0.289 e. The lowest BCUT2D eigenvalue weighted by Gasteiger charge is -2.34. The standard InChI is InChI=1S/C64H40N4OS5/c1-33-10-19-40(20-11-33)63(41-21-12-34(2)13-22-41)48-28-37(5)70-57(48)59-52(63)61-62(72-59)53-60(73-61)58-49(64(53,42-23-14-35(3)15-24-42)43-25-16-36(4)17-26-43)30-50(71-58)46-27-18-38(54-55(46)68-74-67-54)29-47-51(39(31-65)32-66)44-8-6-7-9-45(44)56(47)69/h6-30H,1-5H3/b47-29-. The van der Waals surface area contributed by atoms with Gasteiger partial charge in [0.25, 0.3) is 0 Å². The van der Waals surface area contributed by atoms with Crippen LogP contribution in [0.2, 0.25) is 0 Å². The number of fused-ring (bicyclic) bond motifs is 11. The number of hydrogen-bond donors (Lipinski definition) is 0. The number of allylic oxidation sites excluding steroid dienone is 3. The van der Waals surface area contributed by atoms with Crippen molar-refractivity contribution in [1.82, 2.24) is 8.75 Å². The van der Waals surface area contributed by atoms with Gasteiger partial charge in [0.1, 0.15) is 28.7 Å². The molecule has 0 aliphatic heterocycles. The molecule has 11 aromatic rings. The molecule has 0 saturated heterocycles. The van der Waals surface area contributed by atoms with Crippen molar-refractivity contribution in [2.75, 3.05) is 0 Å². The maximum Gasteiger partial charge on any atom is 0.194 e. The quantitative estimate of drug-likeness (QED) is 0.122. The van der Waals surface area contributed by atoms with Crippen LogP contribution < -0.4 is 0 Å². The van der Waals surface area contributed by atoms with E-state index in [1.54, 1.807) is 24.3 Å². The SMILES string of the molecule is Cc1ccc(C2(c3ccc(C)cc3)c3cc(C)sc3-c3sc4c5c(sc4c32)-c2sc(-c3ccc(/C=C4\C(=O)c6ccccc6C4=C(C#N)C#N)c4nsnc34)cc2C5(c2ccc(C)cc2)c2ccc(C)cc2)cc1. The Bertz CT molecular complexity index is 4280. The van der Waals surface area contributed by atoms with Gasteiger partial charge in [-0.2, -0.15) is 19.3 Å². The molecular formula is C64H40N4OS5. The van der Waals surface area contributed by atoms with Gasteiger partial charge >= 0.3 is 0 Å². The smallest absolute Gasteiger partial charge is 0.194 e. The minimum absolute atomic E-state index is 0.0995. The third kappa shape index (κ3) is 6.06. The number of nitriles is 2. The van der Waals surface area contributed by atoms with Gasteiger partial charge in [-0.1, -0.05) is 156 Å². The lowest BCUT2D eigenvalue weighted by atomic mass is 9.67. The van der Waals surface area contributed by atoms with E-state index in [0.29, 0.717) is 33.4 Å². The summed E-state index contributed by atoms with van der Waals surface area (Å²) in [6, 6.07) is 57.2. The summed E-state index contributed by atoms with van der Waals surface area (Å²) in [6.07, 6.45) is 1.78. The van der Waals surface area contributed by atoms with Crippen molar-refractivity contribution < 1.29 is 4.79 Å². The Kier molecular flexibility index (Phi) is 9.98. The Balaban J connectivity index is 1.04. The van der Waals surface area contributed by atoms with Crippen molar-refractivity contribution in [3.8, 4) is 42.1 Å². The molecule has 74 heavy (non-hydrogen) atoms. The Hall–Kier alpha value is -7.67. The molecular weight excluding hydrogens is 1000 g/mol. The summed E-state index contributed by atoms with van der Waals surface area (Å²) >= 11 is 8.83. The number of thiophene rings is 4. The second-order valence-electron chi connectivity index (χ2n) is 19.8. The highest BCUT2D eigenvalue weighted by Crippen LogP contribution is 2.70. The molecule has 3 aliphatic rings. The summed E-state index contributed by atoms with van der Waals surface area (Å²) < 4.78 is 12.5. The number of rotatable bonds is 6. The number of Topliss-reactive ketones (excluding diaryl/α,β-unsaturated/α-hetero) is 1. The zero-order valence-corrected chi connectivity index (χ0v) is 44.8. The monoisotopic (exact) mass is 1040 g/mol. The average molecular weight is 1040 g/mol. The summed E-state index contributed by atoms with van der Waals surface area (Å²) in [7, 11) is 0. The molecule has 0 atom stereocenters. The summed E-state index contributed by atoms with van der Waals surface area (Å²) in [6.45, 7) is 10.9. The Morgan fingerprint density at radius 2 is 0.986 bits per heavy atom. The summed E-state index contributed by atoms with van der Waals surface area (Å²) in [5, 5.41) is 20.1. The molecule has 0 saturated carbocycles. The molecule has 10 heteroatoms. The fourth-order valence-corrected chi connectivity index (χ4v) is 18.4. The summed E-state index contributed by atoms with van der Waals surface area (Å²) in [5.74, 6) is -0.227. The van der Waals surface area contributed by atoms with Gasteiger partial charge in [-0.3, -0.25) is 4.79 Å². The van der Waals surface area contributed by atoms with Crippen molar-refractivity contribution in [2.45, 2.75) is 45.4 Å². The number of aromatic nitrogens is 2. The van der Waals surface area contributed by atoms with E-state index in [4.69, 9.17) is 8.75 Å². The first-order chi connectivity index (χ1) is 36.0. The van der Waals surface area contributed by atoms with Crippen LogP contribution in [0, 0.1) is 57.3 Å². The number of hydrogen-bond acceptors (Lipinski definition) is 10. The minimum atomic E-state index is -0.661. The summed E-state index contributed by atoms with van der Waals surface area (Å²) in [5.41, 5.74) is 18.8. The van der Waals surface area contributed by atoms with Crippen LogP contribution in [0.3, 0.4) is 0 Å². The zero-order chi connectivity index (χ0) is 50.4. The number of ketones is 1. The number of carbonyl (C=O) groups is 1. The van der Waals surface area contributed by atoms with Gasteiger partial charge in [-0.05, 0) is 91.8 Å². The first kappa shape index (κ1) is 45.0. The molecule has 5 aromatic heterocycles. The molecule has 352 valence electrons. The van der Waals surface area contributed by atoms with Crippen LogP contribution in [0.15, 0.2) is 157 Å². The van der Waals surface area contributed by atoms with Crippen molar-refractivity contribution in [3.05, 3.63) is 245 Å². The third-order valence-corrected chi connectivity index (χ3v) is 21.1. The molecule has 0 spiro atoms. The highest BCUT2D eigenvalue weighted by Gasteiger charge is 2.55. The van der Waals surface area contributed by atoms with Gasteiger partial charge in [0.2, 0.25) is 0 Å². The summed E-state index contributed by atoms with van der Waals surface area (Å²) in [4.78, 5) is 21.7. The second kappa shape index (κ2) is 16.4. The Morgan fingerprint density at radius 1 is 0.514 bits per heavy atom. The Morgan fingerprint density at radius 3 is 1.50 bits per heavy atom. The highest BCUT2D eigenvalue weighted by atomic mass is 32.1. The van der Waals surface area contributed by atoms with E-state index in [-0.39, 0.29) is 11.4 Å². The number of nitrogens with zero attached hydrogens (tertiary/aromatic N) is 4.